The number of hydrogen-bond acceptors (Lipinski definition) is 4. The highest BCUT2D eigenvalue weighted by Crippen LogP contribution is 2.29. The molecule has 4 heteroatoms. The molecule has 0 aliphatic carbocycles. The summed E-state index contributed by atoms with van der Waals surface area (Å²) in [5.74, 6) is -2.64. The topological polar surface area (TPSA) is 52.6 Å². The van der Waals surface area contributed by atoms with E-state index in [4.69, 9.17) is 9.47 Å². The van der Waals surface area contributed by atoms with Crippen molar-refractivity contribution in [1.82, 2.24) is 0 Å². The van der Waals surface area contributed by atoms with Crippen molar-refractivity contribution in [1.29, 1.82) is 0 Å². The van der Waals surface area contributed by atoms with Gasteiger partial charge in [0.05, 0.1) is 0 Å². The minimum absolute atomic E-state index is 0.232. The summed E-state index contributed by atoms with van der Waals surface area (Å²) in [6.45, 7) is 1.39. The molecule has 78 valence electrons. The Bertz CT molecular complexity index is 398. The Labute approximate surface area is 86.8 Å². The zero-order valence-electron chi connectivity index (χ0n) is 8.23. The average molecular weight is 206 g/mol. The minimum atomic E-state index is -1.15. The van der Waals surface area contributed by atoms with Crippen molar-refractivity contribution in [3.63, 3.8) is 0 Å². The minimum Gasteiger partial charge on any atom is -0.423 e. The second-order valence-corrected chi connectivity index (χ2v) is 3.41. The van der Waals surface area contributed by atoms with Crippen molar-refractivity contribution >= 4 is 11.8 Å². The Morgan fingerprint density at radius 2 is 1.87 bits per heavy atom. The van der Waals surface area contributed by atoms with Gasteiger partial charge < -0.3 is 9.47 Å². The predicted molar refractivity (Wildman–Crippen MR) is 50.8 cm³/mol. The molecular formula is C11H10O4. The van der Waals surface area contributed by atoms with Gasteiger partial charge in [0, 0.05) is 12.5 Å². The van der Waals surface area contributed by atoms with E-state index in [0.717, 1.165) is 0 Å². The van der Waals surface area contributed by atoms with Crippen molar-refractivity contribution in [3.8, 4) is 0 Å². The number of hydrogen-bond donors (Lipinski definition) is 0. The number of carbonyl (C=O) groups excluding carboxylic acids is 2. The van der Waals surface area contributed by atoms with Crippen LogP contribution in [0.1, 0.15) is 12.5 Å². The van der Waals surface area contributed by atoms with Crippen molar-refractivity contribution in [2.24, 2.45) is 0 Å². The molecule has 2 rings (SSSR count). The Hall–Kier alpha value is -1.68. The normalized spacial score (nSPS) is 26.2. The van der Waals surface area contributed by atoms with Crippen molar-refractivity contribution in [2.75, 3.05) is 6.61 Å². The molecule has 0 amide bonds. The predicted octanol–water partition coefficient (Wildman–Crippen LogP) is 1.00. The lowest BCUT2D eigenvalue weighted by Crippen LogP contribution is -2.43. The van der Waals surface area contributed by atoms with E-state index in [9.17, 15) is 9.59 Å². The summed E-state index contributed by atoms with van der Waals surface area (Å²) in [7, 11) is 0. The van der Waals surface area contributed by atoms with Crippen molar-refractivity contribution in [3.05, 3.63) is 35.9 Å². The molecule has 1 aliphatic rings. The first-order valence-corrected chi connectivity index (χ1v) is 4.57. The smallest absolute Gasteiger partial charge is 0.379 e. The summed E-state index contributed by atoms with van der Waals surface area (Å²) in [4.78, 5) is 22.0. The number of esters is 1. The molecule has 0 saturated carbocycles. The van der Waals surface area contributed by atoms with Crippen LogP contribution in [-0.4, -0.2) is 18.4 Å². The van der Waals surface area contributed by atoms with E-state index in [0.29, 0.717) is 5.56 Å². The monoisotopic (exact) mass is 206 g/mol. The highest BCUT2D eigenvalue weighted by Gasteiger charge is 2.39. The fraction of sp³-hybridized carbons (Fsp3) is 0.273. The summed E-state index contributed by atoms with van der Waals surface area (Å²) in [5, 5.41) is 0. The summed E-state index contributed by atoms with van der Waals surface area (Å²) >= 11 is 0. The van der Waals surface area contributed by atoms with Crippen LogP contribution in [0.2, 0.25) is 0 Å². The van der Waals surface area contributed by atoms with Crippen LogP contribution >= 0.6 is 0 Å². The standard InChI is InChI=1S/C11H10O4/c1-11(8-5-3-2-4-6-8)14-7-9(12)10(13)15-11/h2-6H,7H2,1H3. The lowest BCUT2D eigenvalue weighted by atomic mass is 10.1. The maximum absolute atomic E-state index is 11.1. The molecule has 1 aliphatic heterocycles. The molecule has 1 saturated heterocycles. The summed E-state index contributed by atoms with van der Waals surface area (Å²) in [6.07, 6.45) is 0. The molecule has 0 bridgehead atoms. The van der Waals surface area contributed by atoms with Crippen LogP contribution in [0.3, 0.4) is 0 Å². The third kappa shape index (κ3) is 1.76. The lowest BCUT2D eigenvalue weighted by molar-refractivity contribution is -0.244. The Morgan fingerprint density at radius 1 is 1.20 bits per heavy atom. The van der Waals surface area contributed by atoms with Crippen LogP contribution < -0.4 is 0 Å². The zero-order chi connectivity index (χ0) is 10.9. The molecule has 1 aromatic rings. The average Bonchev–Trinajstić information content (AvgIpc) is 2.26. The molecule has 15 heavy (non-hydrogen) atoms. The Kier molecular flexibility index (Phi) is 2.28. The molecule has 0 N–H and O–H groups in total. The van der Waals surface area contributed by atoms with Crippen LogP contribution in [-0.2, 0) is 24.8 Å². The lowest BCUT2D eigenvalue weighted by Gasteiger charge is -2.32. The van der Waals surface area contributed by atoms with E-state index in [1.807, 2.05) is 18.2 Å². The van der Waals surface area contributed by atoms with Gasteiger partial charge in [-0.15, -0.1) is 0 Å². The number of benzene rings is 1. The summed E-state index contributed by atoms with van der Waals surface area (Å²) < 4.78 is 10.2. The first kappa shape index (κ1) is 9.86. The van der Waals surface area contributed by atoms with Gasteiger partial charge in [0.2, 0.25) is 5.79 Å². The van der Waals surface area contributed by atoms with Gasteiger partial charge in [-0.05, 0) is 0 Å². The molecular weight excluding hydrogens is 196 g/mol. The number of carbonyl (C=O) groups is 2. The molecule has 1 heterocycles. The number of Topliss-reactive ketones (excluding diaryl/α,β-unsaturated/α-hetero) is 1. The van der Waals surface area contributed by atoms with Gasteiger partial charge in [0.1, 0.15) is 6.61 Å². The van der Waals surface area contributed by atoms with E-state index in [-0.39, 0.29) is 6.61 Å². The SMILES string of the molecule is CC1(c2ccccc2)OCC(=O)C(=O)O1. The molecule has 0 spiro atoms. The number of rotatable bonds is 1. The maximum Gasteiger partial charge on any atom is 0.379 e. The van der Waals surface area contributed by atoms with E-state index in [1.165, 1.54) is 0 Å². The van der Waals surface area contributed by atoms with Crippen LogP contribution in [0.25, 0.3) is 0 Å². The van der Waals surface area contributed by atoms with Gasteiger partial charge in [-0.1, -0.05) is 30.3 Å². The van der Waals surface area contributed by atoms with E-state index >= 15 is 0 Å². The van der Waals surface area contributed by atoms with Crippen LogP contribution in [0, 0.1) is 0 Å². The van der Waals surface area contributed by atoms with Gasteiger partial charge in [0.15, 0.2) is 0 Å². The second kappa shape index (κ2) is 3.47. The molecule has 0 aromatic heterocycles. The third-order valence-electron chi connectivity index (χ3n) is 2.29. The fourth-order valence-corrected chi connectivity index (χ4v) is 1.41. The van der Waals surface area contributed by atoms with Crippen molar-refractivity contribution in [2.45, 2.75) is 12.7 Å². The highest BCUT2D eigenvalue weighted by atomic mass is 16.7. The maximum atomic E-state index is 11.1. The van der Waals surface area contributed by atoms with Gasteiger partial charge in [-0.3, -0.25) is 4.79 Å². The van der Waals surface area contributed by atoms with Gasteiger partial charge in [-0.2, -0.15) is 0 Å². The molecule has 4 nitrogen and oxygen atoms in total. The van der Waals surface area contributed by atoms with E-state index in [1.54, 1.807) is 19.1 Å². The van der Waals surface area contributed by atoms with E-state index < -0.39 is 17.5 Å². The molecule has 1 atom stereocenters. The van der Waals surface area contributed by atoms with Crippen LogP contribution in [0.15, 0.2) is 30.3 Å². The van der Waals surface area contributed by atoms with E-state index in [2.05, 4.69) is 0 Å². The highest BCUT2D eigenvalue weighted by molar-refractivity contribution is 6.34. The summed E-state index contributed by atoms with van der Waals surface area (Å²) in [5.41, 5.74) is 0.714. The quantitative estimate of drug-likeness (QED) is 0.508. The Balaban J connectivity index is 2.29. The number of cyclic esters (lactones) is 1. The van der Waals surface area contributed by atoms with Crippen LogP contribution in [0.4, 0.5) is 0 Å². The number of ketones is 1. The summed E-state index contributed by atoms with van der Waals surface area (Å²) in [6, 6.07) is 9.04. The first-order chi connectivity index (χ1) is 7.12. The van der Waals surface area contributed by atoms with Gasteiger partial charge >= 0.3 is 5.97 Å². The molecule has 1 unspecified atom stereocenters. The molecule has 1 aromatic carbocycles. The van der Waals surface area contributed by atoms with Crippen LogP contribution in [0.5, 0.6) is 0 Å². The van der Waals surface area contributed by atoms with Crippen molar-refractivity contribution < 1.29 is 19.1 Å². The van der Waals surface area contributed by atoms with Gasteiger partial charge in [0.25, 0.3) is 5.78 Å². The third-order valence-corrected chi connectivity index (χ3v) is 2.29. The fourth-order valence-electron chi connectivity index (χ4n) is 1.41. The second-order valence-electron chi connectivity index (χ2n) is 3.41. The first-order valence-electron chi connectivity index (χ1n) is 4.57. The van der Waals surface area contributed by atoms with Gasteiger partial charge in [-0.25, -0.2) is 4.79 Å². The number of ether oxygens (including phenoxy) is 2. The molecule has 0 radical (unpaired) electrons. The molecule has 1 fully saturated rings. The largest absolute Gasteiger partial charge is 0.423 e. The zero-order valence-corrected chi connectivity index (χ0v) is 8.23. The Morgan fingerprint density at radius 3 is 2.47 bits per heavy atom.